The Bertz CT molecular complexity index is 3370. The van der Waals surface area contributed by atoms with Crippen LogP contribution in [0, 0.1) is 0 Å². The minimum Gasteiger partial charge on any atom is -0.546 e. The molecule has 0 atom stereocenters. The van der Waals surface area contributed by atoms with Gasteiger partial charge in [-0.2, -0.15) is 20.4 Å². The van der Waals surface area contributed by atoms with Crippen molar-refractivity contribution < 1.29 is 36.9 Å². The van der Waals surface area contributed by atoms with E-state index in [2.05, 4.69) is 0 Å². The SMILES string of the molecule is O=C([O-])C(n1nc(-c2ccccc2)cc1-c1ccccc1)n1nc(-c2ccccc2)cc1-c1ccccc1.O=C([O-])C(n1nc(-c2ccccc2)cc1-c1ccccc1)n1nc(-c2ccccc2)cc1-c1ccccc1.[Fe+2]. The molecule has 0 bridgehead atoms. The van der Waals surface area contributed by atoms with E-state index in [9.17, 15) is 19.8 Å². The number of carbonyl (C=O) groups is 2. The number of nitrogens with zero attached hydrogens (tertiary/aromatic N) is 8. The smallest absolute Gasteiger partial charge is 0.546 e. The molecule has 0 unspecified atom stereocenters. The number of benzene rings is 8. The van der Waals surface area contributed by atoms with Gasteiger partial charge in [-0.3, -0.25) is 0 Å². The zero-order chi connectivity index (χ0) is 51.8. The van der Waals surface area contributed by atoms with E-state index in [0.717, 1.165) is 44.5 Å². The van der Waals surface area contributed by atoms with Gasteiger partial charge in [0.2, 0.25) is 0 Å². The zero-order valence-electron chi connectivity index (χ0n) is 41.1. The van der Waals surface area contributed by atoms with Crippen molar-refractivity contribution in [3.05, 3.63) is 267 Å². The number of aromatic nitrogens is 8. The van der Waals surface area contributed by atoms with E-state index in [1.165, 1.54) is 18.7 Å². The van der Waals surface area contributed by atoms with Gasteiger partial charge in [0, 0.05) is 22.3 Å². The summed E-state index contributed by atoms with van der Waals surface area (Å²) in [6.07, 6.45) is -2.68. The molecule has 0 saturated heterocycles. The Labute approximate surface area is 454 Å². The first kappa shape index (κ1) is 50.6. The Morgan fingerprint density at radius 3 is 0.584 bits per heavy atom. The van der Waals surface area contributed by atoms with Crippen LogP contribution in [0.5, 0.6) is 0 Å². The monoisotopic (exact) mass is 1050 g/mol. The van der Waals surface area contributed by atoms with Gasteiger partial charge in [0.1, 0.15) is 0 Å². The van der Waals surface area contributed by atoms with Gasteiger partial charge in [-0.1, -0.05) is 243 Å². The number of carboxylic acid groups (broad SMARTS) is 2. The van der Waals surface area contributed by atoms with Crippen molar-refractivity contribution in [2.75, 3.05) is 0 Å². The van der Waals surface area contributed by atoms with E-state index in [-0.39, 0.29) is 17.1 Å². The van der Waals surface area contributed by atoms with Crippen LogP contribution in [-0.4, -0.2) is 51.1 Å². The van der Waals surface area contributed by atoms with Crippen molar-refractivity contribution >= 4 is 11.9 Å². The molecule has 0 spiro atoms. The Morgan fingerprint density at radius 2 is 0.429 bits per heavy atom. The van der Waals surface area contributed by atoms with Crippen molar-refractivity contribution in [1.82, 2.24) is 39.1 Å². The van der Waals surface area contributed by atoms with Crippen LogP contribution < -0.4 is 10.2 Å². The average molecular weight is 1050 g/mol. The van der Waals surface area contributed by atoms with Crippen LogP contribution in [0.2, 0.25) is 0 Å². The number of hydrogen-bond donors (Lipinski definition) is 0. The molecule has 374 valence electrons. The van der Waals surface area contributed by atoms with Crippen molar-refractivity contribution in [3.8, 4) is 90.1 Å². The fraction of sp³-hybridized carbons (Fsp3) is 0.0312. The molecule has 0 aliphatic carbocycles. The van der Waals surface area contributed by atoms with Crippen molar-refractivity contribution in [2.45, 2.75) is 12.3 Å². The molecule has 0 fully saturated rings. The van der Waals surface area contributed by atoms with Crippen LogP contribution >= 0.6 is 0 Å². The van der Waals surface area contributed by atoms with Crippen LogP contribution in [0.1, 0.15) is 12.3 Å². The average Bonchev–Trinajstić information content (AvgIpc) is 4.44. The largest absolute Gasteiger partial charge is 2.00 e. The third kappa shape index (κ3) is 10.9. The van der Waals surface area contributed by atoms with Gasteiger partial charge < -0.3 is 19.8 Å². The van der Waals surface area contributed by atoms with Crippen LogP contribution in [0.3, 0.4) is 0 Å². The van der Waals surface area contributed by atoms with Gasteiger partial charge >= 0.3 is 17.1 Å². The van der Waals surface area contributed by atoms with Crippen molar-refractivity contribution in [2.24, 2.45) is 0 Å². The number of aliphatic carboxylic acids is 2. The molecule has 13 heteroatoms. The molecule has 4 aromatic heterocycles. The number of rotatable bonds is 14. The summed E-state index contributed by atoms with van der Waals surface area (Å²) >= 11 is 0. The fourth-order valence-electron chi connectivity index (χ4n) is 9.23. The third-order valence-electron chi connectivity index (χ3n) is 12.8. The molecule has 12 rings (SSSR count). The zero-order valence-corrected chi connectivity index (χ0v) is 42.2. The van der Waals surface area contributed by atoms with Crippen molar-refractivity contribution in [3.63, 3.8) is 0 Å². The van der Waals surface area contributed by atoms with E-state index in [0.29, 0.717) is 45.6 Å². The molecule has 0 radical (unpaired) electrons. The summed E-state index contributed by atoms with van der Waals surface area (Å²) in [5, 5.41) is 45.1. The molecule has 77 heavy (non-hydrogen) atoms. The van der Waals surface area contributed by atoms with Gasteiger partial charge in [0.05, 0.1) is 57.5 Å². The standard InChI is InChI=1S/2C32H24N4O2.Fe/c2*37-32(38)31(35-29(25-17-9-3-10-18-25)21-27(33-35)23-13-5-1-6-14-23)36-30(26-19-11-4-12-20-26)22-28(34-36)24-15-7-2-8-16-24;/h2*1-22,31H,(H,37,38);/q;;+2/p-2. The maximum atomic E-state index is 12.9. The first-order valence-electron chi connectivity index (χ1n) is 24.6. The minimum absolute atomic E-state index is 0. The summed E-state index contributed by atoms with van der Waals surface area (Å²) in [4.78, 5) is 25.9. The molecule has 0 amide bonds. The second-order valence-electron chi connectivity index (χ2n) is 17.8. The molecule has 4 heterocycles. The normalized spacial score (nSPS) is 10.9. The third-order valence-corrected chi connectivity index (χ3v) is 12.8. The topological polar surface area (TPSA) is 152 Å². The Morgan fingerprint density at radius 1 is 0.273 bits per heavy atom. The fourth-order valence-corrected chi connectivity index (χ4v) is 9.23. The van der Waals surface area contributed by atoms with Crippen LogP contribution in [0.15, 0.2) is 267 Å². The molecular weight excluding hydrogens is 1000 g/mol. The van der Waals surface area contributed by atoms with Gasteiger partial charge in [-0.25, -0.2) is 18.7 Å². The number of hydrogen-bond acceptors (Lipinski definition) is 8. The van der Waals surface area contributed by atoms with Gasteiger partial charge in [-0.05, 0) is 46.5 Å². The number of carboxylic acids is 2. The first-order valence-corrected chi connectivity index (χ1v) is 24.6. The molecule has 12 nitrogen and oxygen atoms in total. The predicted molar refractivity (Wildman–Crippen MR) is 291 cm³/mol. The maximum Gasteiger partial charge on any atom is 2.00 e. The molecule has 12 aromatic rings. The summed E-state index contributed by atoms with van der Waals surface area (Å²) in [6, 6.07) is 84.9. The van der Waals surface area contributed by atoms with Crippen molar-refractivity contribution in [1.29, 1.82) is 0 Å². The van der Waals surface area contributed by atoms with Crippen LogP contribution in [0.4, 0.5) is 0 Å². The first-order chi connectivity index (χ1) is 37.4. The summed E-state index contributed by atoms with van der Waals surface area (Å²) in [6.45, 7) is 0. The number of carbonyl (C=O) groups excluding carboxylic acids is 2. The van der Waals surface area contributed by atoms with Crippen LogP contribution in [0.25, 0.3) is 90.1 Å². The summed E-state index contributed by atoms with van der Waals surface area (Å²) in [5.74, 6) is -2.63. The molecule has 0 aliphatic heterocycles. The van der Waals surface area contributed by atoms with Gasteiger partial charge in [0.25, 0.3) is 0 Å². The second kappa shape index (κ2) is 23.1. The molecule has 0 saturated carbocycles. The predicted octanol–water partition coefficient (Wildman–Crippen LogP) is 11.1. The maximum absolute atomic E-state index is 12.9. The second-order valence-corrected chi connectivity index (χ2v) is 17.8. The molecule has 8 aromatic carbocycles. The Hall–Kier alpha value is -9.94. The quantitative estimate of drug-likeness (QED) is 0.0976. The Kier molecular flexibility index (Phi) is 15.2. The van der Waals surface area contributed by atoms with Gasteiger partial charge in [-0.15, -0.1) is 0 Å². The van der Waals surface area contributed by atoms with E-state index >= 15 is 0 Å². The molecular formula is C64H46FeN8O4. The summed E-state index contributed by atoms with van der Waals surface area (Å²) in [5.41, 5.74) is 12.1. The van der Waals surface area contributed by atoms with E-state index in [1.807, 2.05) is 267 Å². The van der Waals surface area contributed by atoms with E-state index in [4.69, 9.17) is 20.4 Å². The summed E-state index contributed by atoms with van der Waals surface area (Å²) in [7, 11) is 0. The minimum atomic E-state index is -1.34. The van der Waals surface area contributed by atoms with Crippen LogP contribution in [-0.2, 0) is 26.7 Å². The molecule has 0 N–H and O–H groups in total. The summed E-state index contributed by atoms with van der Waals surface area (Å²) < 4.78 is 6.00. The molecule has 0 aliphatic rings. The van der Waals surface area contributed by atoms with E-state index in [1.54, 1.807) is 0 Å². The van der Waals surface area contributed by atoms with E-state index < -0.39 is 24.3 Å². The Balaban J connectivity index is 0.000000172. The van der Waals surface area contributed by atoms with Gasteiger partial charge in [0.15, 0.2) is 12.3 Å².